The fourth-order valence-corrected chi connectivity index (χ4v) is 1.93. The monoisotopic (exact) mass is 254 g/mol. The fraction of sp³-hybridized carbons (Fsp3) is 0.538. The molecular formula is C13H18O5. The van der Waals surface area contributed by atoms with Gasteiger partial charge in [-0.2, -0.15) is 0 Å². The average molecular weight is 254 g/mol. The highest BCUT2D eigenvalue weighted by molar-refractivity contribution is 5.87. The average Bonchev–Trinajstić information content (AvgIpc) is 2.63. The summed E-state index contributed by atoms with van der Waals surface area (Å²) in [4.78, 5) is 22.2. The highest BCUT2D eigenvalue weighted by Crippen LogP contribution is 2.29. The molecule has 5 nitrogen and oxygen atoms in total. The van der Waals surface area contributed by atoms with E-state index in [-0.39, 0.29) is 5.92 Å². The minimum Gasteiger partial charge on any atom is -0.478 e. The predicted octanol–water partition coefficient (Wildman–Crippen LogP) is 2.85. The van der Waals surface area contributed by atoms with Crippen molar-refractivity contribution in [2.24, 2.45) is 0 Å². The van der Waals surface area contributed by atoms with Gasteiger partial charge in [-0.25, -0.2) is 9.59 Å². The number of hydrogen-bond donors (Lipinski definition) is 1. The van der Waals surface area contributed by atoms with Gasteiger partial charge in [0, 0.05) is 11.5 Å². The standard InChI is InChI=1S/C13H18O5/c1-5-6-10(12(14)15)7(2)8(3)11-9(4)17-13(16)18-11/h8H,5-6H2,1-4H3,(H,14,15). The minimum atomic E-state index is -0.926. The van der Waals surface area contributed by atoms with Crippen LogP contribution in [-0.2, 0) is 4.79 Å². The third-order valence-corrected chi connectivity index (χ3v) is 3.05. The molecule has 0 aromatic carbocycles. The largest absolute Gasteiger partial charge is 0.519 e. The molecule has 1 rings (SSSR count). The van der Waals surface area contributed by atoms with Crippen LogP contribution in [0.2, 0.25) is 0 Å². The molecule has 0 spiro atoms. The van der Waals surface area contributed by atoms with Gasteiger partial charge in [-0.1, -0.05) is 25.8 Å². The van der Waals surface area contributed by atoms with E-state index in [0.29, 0.717) is 29.1 Å². The van der Waals surface area contributed by atoms with E-state index >= 15 is 0 Å². The number of rotatable bonds is 5. The molecule has 0 bridgehead atoms. The summed E-state index contributed by atoms with van der Waals surface area (Å²) in [5.41, 5.74) is 1.06. The van der Waals surface area contributed by atoms with Crippen molar-refractivity contribution < 1.29 is 18.7 Å². The molecule has 0 saturated carbocycles. The van der Waals surface area contributed by atoms with Gasteiger partial charge < -0.3 is 13.9 Å². The highest BCUT2D eigenvalue weighted by atomic mass is 16.6. The van der Waals surface area contributed by atoms with Gasteiger partial charge in [-0.3, -0.25) is 0 Å². The number of aryl methyl sites for hydroxylation is 1. The Morgan fingerprint density at radius 3 is 2.39 bits per heavy atom. The predicted molar refractivity (Wildman–Crippen MR) is 65.6 cm³/mol. The summed E-state index contributed by atoms with van der Waals surface area (Å²) < 4.78 is 9.75. The van der Waals surface area contributed by atoms with E-state index in [9.17, 15) is 14.7 Å². The summed E-state index contributed by atoms with van der Waals surface area (Å²) in [5.74, 6) is -1.17. The summed E-state index contributed by atoms with van der Waals surface area (Å²) >= 11 is 0. The van der Waals surface area contributed by atoms with E-state index in [1.807, 2.05) is 6.92 Å². The van der Waals surface area contributed by atoms with Gasteiger partial charge in [-0.05, 0) is 20.3 Å². The first-order valence-electron chi connectivity index (χ1n) is 5.91. The van der Waals surface area contributed by atoms with Gasteiger partial charge >= 0.3 is 11.8 Å². The molecule has 5 heteroatoms. The van der Waals surface area contributed by atoms with Crippen molar-refractivity contribution >= 4 is 5.97 Å². The van der Waals surface area contributed by atoms with Crippen LogP contribution in [0.15, 0.2) is 24.8 Å². The molecule has 100 valence electrons. The number of hydrogen-bond acceptors (Lipinski definition) is 4. The van der Waals surface area contributed by atoms with Crippen LogP contribution < -0.4 is 5.82 Å². The fourth-order valence-electron chi connectivity index (χ4n) is 1.93. The van der Waals surface area contributed by atoms with E-state index in [1.165, 1.54) is 0 Å². The van der Waals surface area contributed by atoms with E-state index in [4.69, 9.17) is 8.83 Å². The molecule has 1 atom stereocenters. The first-order valence-corrected chi connectivity index (χ1v) is 5.91. The minimum absolute atomic E-state index is 0.283. The van der Waals surface area contributed by atoms with Crippen molar-refractivity contribution in [3.8, 4) is 0 Å². The van der Waals surface area contributed by atoms with Crippen LogP contribution in [0, 0.1) is 6.92 Å². The van der Waals surface area contributed by atoms with Gasteiger partial charge in [-0.15, -0.1) is 0 Å². The van der Waals surface area contributed by atoms with Crippen LogP contribution in [0.1, 0.15) is 51.1 Å². The zero-order chi connectivity index (χ0) is 13.9. The number of carboxylic acid groups (broad SMARTS) is 1. The van der Waals surface area contributed by atoms with E-state index in [0.717, 1.165) is 6.42 Å². The Morgan fingerprint density at radius 2 is 2.00 bits per heavy atom. The van der Waals surface area contributed by atoms with Crippen LogP contribution in [0.25, 0.3) is 0 Å². The Hall–Kier alpha value is -1.78. The smallest absolute Gasteiger partial charge is 0.478 e. The number of carbonyl (C=O) groups is 1. The van der Waals surface area contributed by atoms with Crippen molar-refractivity contribution in [2.75, 3.05) is 0 Å². The number of allylic oxidation sites excluding steroid dienone is 1. The summed E-state index contributed by atoms with van der Waals surface area (Å²) in [6.45, 7) is 7.10. The maximum absolute atomic E-state index is 11.2. The molecule has 0 fully saturated rings. The van der Waals surface area contributed by atoms with Crippen LogP contribution in [0.5, 0.6) is 0 Å². The molecule has 1 aromatic heterocycles. The molecular weight excluding hydrogens is 236 g/mol. The van der Waals surface area contributed by atoms with Gasteiger partial charge in [0.25, 0.3) is 0 Å². The Bertz CT molecular complexity index is 518. The van der Waals surface area contributed by atoms with Gasteiger partial charge in [0.2, 0.25) is 0 Å². The molecule has 18 heavy (non-hydrogen) atoms. The Kier molecular flexibility index (Phi) is 4.53. The van der Waals surface area contributed by atoms with Gasteiger partial charge in [0.1, 0.15) is 5.76 Å². The summed E-state index contributed by atoms with van der Waals surface area (Å²) in [5, 5.41) is 9.17. The molecule has 0 aliphatic rings. The Morgan fingerprint density at radius 1 is 1.39 bits per heavy atom. The maximum atomic E-state index is 11.2. The van der Waals surface area contributed by atoms with Crippen molar-refractivity contribution in [2.45, 2.75) is 46.5 Å². The molecule has 1 unspecified atom stereocenters. The Labute approximate surface area is 105 Å². The van der Waals surface area contributed by atoms with Crippen molar-refractivity contribution in [3.05, 3.63) is 33.3 Å². The Balaban J connectivity index is 3.19. The lowest BCUT2D eigenvalue weighted by molar-refractivity contribution is -0.132. The van der Waals surface area contributed by atoms with Crippen molar-refractivity contribution in [1.29, 1.82) is 0 Å². The molecule has 0 radical (unpaired) electrons. The maximum Gasteiger partial charge on any atom is 0.519 e. The van der Waals surface area contributed by atoms with E-state index in [1.54, 1.807) is 20.8 Å². The second kappa shape index (κ2) is 5.71. The summed E-state index contributed by atoms with van der Waals surface area (Å²) in [7, 11) is 0. The van der Waals surface area contributed by atoms with Gasteiger partial charge in [0.05, 0.1) is 0 Å². The third-order valence-electron chi connectivity index (χ3n) is 3.05. The van der Waals surface area contributed by atoms with Gasteiger partial charge in [0.15, 0.2) is 5.76 Å². The second-order valence-corrected chi connectivity index (χ2v) is 4.31. The first kappa shape index (κ1) is 14.3. The zero-order valence-electron chi connectivity index (χ0n) is 11.1. The van der Waals surface area contributed by atoms with Crippen molar-refractivity contribution in [3.63, 3.8) is 0 Å². The first-order chi connectivity index (χ1) is 8.38. The second-order valence-electron chi connectivity index (χ2n) is 4.31. The molecule has 1 heterocycles. The third kappa shape index (κ3) is 2.91. The molecule has 1 N–H and O–H groups in total. The van der Waals surface area contributed by atoms with Crippen LogP contribution >= 0.6 is 0 Å². The highest BCUT2D eigenvalue weighted by Gasteiger charge is 2.22. The number of carboxylic acids is 1. The van der Waals surface area contributed by atoms with Crippen LogP contribution in [-0.4, -0.2) is 11.1 Å². The van der Waals surface area contributed by atoms with Crippen molar-refractivity contribution in [1.82, 2.24) is 0 Å². The van der Waals surface area contributed by atoms with E-state index < -0.39 is 11.8 Å². The molecule has 1 aromatic rings. The van der Waals surface area contributed by atoms with E-state index in [2.05, 4.69) is 0 Å². The normalized spacial score (nSPS) is 14.2. The summed E-state index contributed by atoms with van der Waals surface area (Å²) in [6, 6.07) is 0. The topological polar surface area (TPSA) is 80.6 Å². The molecule has 0 saturated heterocycles. The number of aliphatic carboxylic acids is 1. The molecule has 0 aliphatic heterocycles. The quantitative estimate of drug-likeness (QED) is 0.817. The molecule has 0 amide bonds. The SMILES string of the molecule is CCCC(C(=O)O)=C(C)C(C)c1oc(=O)oc1C. The molecule has 0 aliphatic carbocycles. The summed E-state index contributed by atoms with van der Waals surface area (Å²) in [6.07, 6.45) is 1.24. The lowest BCUT2D eigenvalue weighted by Gasteiger charge is -2.13. The van der Waals surface area contributed by atoms with Crippen LogP contribution in [0.4, 0.5) is 0 Å². The lowest BCUT2D eigenvalue weighted by atomic mass is 9.92. The zero-order valence-corrected chi connectivity index (χ0v) is 11.1. The van der Waals surface area contributed by atoms with Crippen LogP contribution in [0.3, 0.4) is 0 Å². The lowest BCUT2D eigenvalue weighted by Crippen LogP contribution is -2.08.